The van der Waals surface area contributed by atoms with Gasteiger partial charge in [-0.05, 0) is 13.3 Å². The lowest BCUT2D eigenvalue weighted by molar-refractivity contribution is 0.0817. The van der Waals surface area contributed by atoms with Gasteiger partial charge in [0, 0.05) is 0 Å². The van der Waals surface area contributed by atoms with Crippen LogP contribution < -0.4 is 0 Å². The van der Waals surface area contributed by atoms with Gasteiger partial charge in [0.2, 0.25) is 0 Å². The fourth-order valence-electron chi connectivity index (χ4n) is 0.738. The van der Waals surface area contributed by atoms with Crippen molar-refractivity contribution < 1.29 is 9.84 Å². The fourth-order valence-corrected chi connectivity index (χ4v) is 0.738. The first-order valence-corrected chi connectivity index (χ1v) is 3.01. The smallest absolute Gasteiger partial charge is 0.114 e. The molecule has 0 aromatic heterocycles. The molecule has 1 heterocycles. The number of epoxide rings is 1. The third-order valence-electron chi connectivity index (χ3n) is 1.69. The third kappa shape index (κ3) is 0.858. The Hall–Kier alpha value is -0.0800. The lowest BCUT2D eigenvalue weighted by atomic mass is 10.0. The van der Waals surface area contributed by atoms with Gasteiger partial charge in [0.05, 0.1) is 12.7 Å². The highest BCUT2D eigenvalue weighted by Crippen LogP contribution is 2.31. The monoisotopic (exact) mass is 116 g/mol. The van der Waals surface area contributed by atoms with Crippen molar-refractivity contribution in [3.8, 4) is 0 Å². The number of aliphatic hydroxyl groups is 1. The third-order valence-corrected chi connectivity index (χ3v) is 1.69. The predicted octanol–water partition coefficient (Wildman–Crippen LogP) is 0.546. The summed E-state index contributed by atoms with van der Waals surface area (Å²) in [4.78, 5) is 0. The van der Waals surface area contributed by atoms with Gasteiger partial charge in [0.1, 0.15) is 5.60 Å². The SMILES string of the molecule is CC[C@@H](O)C1(C)CO1. The predicted molar refractivity (Wildman–Crippen MR) is 30.7 cm³/mol. The zero-order valence-electron chi connectivity index (χ0n) is 5.35. The molecule has 2 nitrogen and oxygen atoms in total. The highest BCUT2D eigenvalue weighted by molar-refractivity contribution is 4.93. The van der Waals surface area contributed by atoms with Crippen molar-refractivity contribution in [1.29, 1.82) is 0 Å². The zero-order valence-corrected chi connectivity index (χ0v) is 5.35. The first kappa shape index (κ1) is 6.05. The number of hydrogen-bond acceptors (Lipinski definition) is 2. The van der Waals surface area contributed by atoms with E-state index < -0.39 is 0 Å². The second-order valence-electron chi connectivity index (χ2n) is 2.53. The first-order chi connectivity index (χ1) is 3.69. The van der Waals surface area contributed by atoms with Crippen LogP contribution in [0.3, 0.4) is 0 Å². The van der Waals surface area contributed by atoms with Crippen LogP contribution in [0.2, 0.25) is 0 Å². The van der Waals surface area contributed by atoms with Crippen molar-refractivity contribution in [2.75, 3.05) is 6.61 Å². The standard InChI is InChI=1S/C6H12O2/c1-3-5(7)6(2)4-8-6/h5,7H,3-4H2,1-2H3/t5-,6?/m1/s1. The Bertz CT molecular complexity index is 86.5. The zero-order chi connectivity index (χ0) is 6.20. The molecule has 0 radical (unpaired) electrons. The molecular formula is C6H12O2. The minimum atomic E-state index is -0.262. The van der Waals surface area contributed by atoms with Gasteiger partial charge in [-0.15, -0.1) is 0 Å². The summed E-state index contributed by atoms with van der Waals surface area (Å²) < 4.78 is 5.00. The molecule has 2 heteroatoms. The molecule has 1 aliphatic heterocycles. The molecule has 1 aliphatic rings. The molecule has 0 aliphatic carbocycles. The van der Waals surface area contributed by atoms with Gasteiger partial charge in [-0.1, -0.05) is 6.92 Å². The Morgan fingerprint density at radius 2 is 2.38 bits per heavy atom. The van der Waals surface area contributed by atoms with Crippen LogP contribution >= 0.6 is 0 Å². The summed E-state index contributed by atoms with van der Waals surface area (Å²) in [5.74, 6) is 0. The minimum Gasteiger partial charge on any atom is -0.390 e. The van der Waals surface area contributed by atoms with Crippen LogP contribution in [-0.4, -0.2) is 23.4 Å². The Balaban J connectivity index is 2.34. The normalized spacial score (nSPS) is 39.4. The van der Waals surface area contributed by atoms with Crippen LogP contribution in [0.4, 0.5) is 0 Å². The number of rotatable bonds is 2. The molecular weight excluding hydrogens is 104 g/mol. The Kier molecular flexibility index (Phi) is 1.29. The van der Waals surface area contributed by atoms with Crippen LogP contribution in [0.5, 0.6) is 0 Å². The van der Waals surface area contributed by atoms with Gasteiger partial charge in [0.25, 0.3) is 0 Å². The second kappa shape index (κ2) is 1.71. The summed E-state index contributed by atoms with van der Waals surface area (Å²) in [6.07, 6.45) is 0.527. The molecule has 48 valence electrons. The second-order valence-corrected chi connectivity index (χ2v) is 2.53. The highest BCUT2D eigenvalue weighted by Gasteiger charge is 2.45. The van der Waals surface area contributed by atoms with E-state index in [9.17, 15) is 0 Å². The molecule has 1 N–H and O–H groups in total. The molecule has 0 aromatic carbocycles. The summed E-state index contributed by atoms with van der Waals surface area (Å²) in [6.45, 7) is 4.61. The molecule has 8 heavy (non-hydrogen) atoms. The maximum absolute atomic E-state index is 9.13. The van der Waals surface area contributed by atoms with Crippen molar-refractivity contribution in [3.05, 3.63) is 0 Å². The quantitative estimate of drug-likeness (QED) is 0.534. The summed E-state index contributed by atoms with van der Waals surface area (Å²) in [7, 11) is 0. The molecule has 2 atom stereocenters. The van der Waals surface area contributed by atoms with E-state index >= 15 is 0 Å². The van der Waals surface area contributed by atoms with Crippen molar-refractivity contribution in [2.24, 2.45) is 0 Å². The van der Waals surface area contributed by atoms with Crippen molar-refractivity contribution in [2.45, 2.75) is 32.0 Å². The molecule has 1 fully saturated rings. The van der Waals surface area contributed by atoms with E-state index in [1.165, 1.54) is 0 Å². The van der Waals surface area contributed by atoms with Gasteiger partial charge in [-0.2, -0.15) is 0 Å². The van der Waals surface area contributed by atoms with Crippen LogP contribution in [0, 0.1) is 0 Å². The lowest BCUT2D eigenvalue weighted by Crippen LogP contribution is -2.24. The van der Waals surface area contributed by atoms with Gasteiger partial charge >= 0.3 is 0 Å². The van der Waals surface area contributed by atoms with Crippen molar-refractivity contribution >= 4 is 0 Å². The molecule has 0 amide bonds. The number of hydrogen-bond donors (Lipinski definition) is 1. The maximum atomic E-state index is 9.13. The first-order valence-electron chi connectivity index (χ1n) is 3.01. The Morgan fingerprint density at radius 3 is 2.50 bits per heavy atom. The summed E-state index contributed by atoms with van der Waals surface area (Å²) in [5.41, 5.74) is -0.186. The molecule has 0 aromatic rings. The number of aliphatic hydroxyl groups excluding tert-OH is 1. The molecule has 0 spiro atoms. The van der Waals surface area contributed by atoms with E-state index in [0.29, 0.717) is 0 Å². The van der Waals surface area contributed by atoms with E-state index in [0.717, 1.165) is 13.0 Å². The van der Waals surface area contributed by atoms with E-state index in [-0.39, 0.29) is 11.7 Å². The summed E-state index contributed by atoms with van der Waals surface area (Å²) in [6, 6.07) is 0. The lowest BCUT2D eigenvalue weighted by Gasteiger charge is -2.10. The van der Waals surface area contributed by atoms with Gasteiger partial charge in [-0.25, -0.2) is 0 Å². The summed E-state index contributed by atoms with van der Waals surface area (Å²) in [5, 5.41) is 9.13. The number of ether oxygens (including phenoxy) is 1. The maximum Gasteiger partial charge on any atom is 0.114 e. The molecule has 1 rings (SSSR count). The Morgan fingerprint density at radius 1 is 1.88 bits per heavy atom. The van der Waals surface area contributed by atoms with E-state index in [1.54, 1.807) is 0 Å². The van der Waals surface area contributed by atoms with Crippen molar-refractivity contribution in [1.82, 2.24) is 0 Å². The van der Waals surface area contributed by atoms with E-state index in [4.69, 9.17) is 9.84 Å². The minimum absolute atomic E-state index is 0.186. The Labute approximate surface area is 49.5 Å². The van der Waals surface area contributed by atoms with E-state index in [2.05, 4.69) is 0 Å². The van der Waals surface area contributed by atoms with Gasteiger partial charge in [-0.3, -0.25) is 0 Å². The van der Waals surface area contributed by atoms with Gasteiger partial charge in [0.15, 0.2) is 0 Å². The fraction of sp³-hybridized carbons (Fsp3) is 1.00. The van der Waals surface area contributed by atoms with Crippen LogP contribution in [-0.2, 0) is 4.74 Å². The highest BCUT2D eigenvalue weighted by atomic mass is 16.6. The van der Waals surface area contributed by atoms with Crippen LogP contribution in [0.15, 0.2) is 0 Å². The largest absolute Gasteiger partial charge is 0.390 e. The molecule has 1 unspecified atom stereocenters. The average molecular weight is 116 g/mol. The van der Waals surface area contributed by atoms with Crippen molar-refractivity contribution in [3.63, 3.8) is 0 Å². The van der Waals surface area contributed by atoms with Crippen LogP contribution in [0.1, 0.15) is 20.3 Å². The van der Waals surface area contributed by atoms with Crippen LogP contribution in [0.25, 0.3) is 0 Å². The average Bonchev–Trinajstić information content (AvgIpc) is 2.47. The van der Waals surface area contributed by atoms with E-state index in [1.807, 2.05) is 13.8 Å². The molecule has 0 bridgehead atoms. The summed E-state index contributed by atoms with van der Waals surface area (Å²) >= 11 is 0. The topological polar surface area (TPSA) is 32.8 Å². The van der Waals surface area contributed by atoms with Gasteiger partial charge < -0.3 is 9.84 Å². The molecule has 0 saturated carbocycles. The molecule has 1 saturated heterocycles.